The minimum atomic E-state index is -0.812. The van der Waals surface area contributed by atoms with Gasteiger partial charge in [0, 0.05) is 19.6 Å². The van der Waals surface area contributed by atoms with Gasteiger partial charge in [0.05, 0.1) is 5.41 Å². The van der Waals surface area contributed by atoms with Gasteiger partial charge in [-0.1, -0.05) is 0 Å². The number of nitrogens with two attached hydrogens (primary N) is 1. The van der Waals surface area contributed by atoms with E-state index in [9.17, 15) is 14.4 Å². The van der Waals surface area contributed by atoms with E-state index in [1.54, 1.807) is 4.90 Å². The van der Waals surface area contributed by atoms with Crippen molar-refractivity contribution >= 4 is 17.8 Å². The number of hydrogen-bond donors (Lipinski definition) is 3. The predicted octanol–water partition coefficient (Wildman–Crippen LogP) is -1.07. The smallest absolute Gasteiger partial charge is 0.322 e. The summed E-state index contributed by atoms with van der Waals surface area (Å²) in [5.74, 6) is -0.167. The molecule has 19 heavy (non-hydrogen) atoms. The van der Waals surface area contributed by atoms with Gasteiger partial charge in [0.1, 0.15) is 5.54 Å². The van der Waals surface area contributed by atoms with Crippen molar-refractivity contribution in [1.82, 2.24) is 15.5 Å². The Morgan fingerprint density at radius 3 is 2.26 bits per heavy atom. The summed E-state index contributed by atoms with van der Waals surface area (Å²) in [7, 11) is 0. The first-order valence-electron chi connectivity index (χ1n) is 6.64. The number of nitrogens with zero attached hydrogens (tertiary/aromatic N) is 1. The summed E-state index contributed by atoms with van der Waals surface area (Å²) in [6.07, 6.45) is 2.66. The van der Waals surface area contributed by atoms with Crippen molar-refractivity contribution in [2.75, 3.05) is 19.6 Å². The Morgan fingerprint density at radius 2 is 1.84 bits per heavy atom. The fourth-order valence-corrected chi connectivity index (χ4v) is 2.96. The highest BCUT2D eigenvalue weighted by Crippen LogP contribution is 2.46. The van der Waals surface area contributed by atoms with Crippen LogP contribution in [0.15, 0.2) is 0 Å². The fourth-order valence-electron chi connectivity index (χ4n) is 2.96. The first-order valence-corrected chi connectivity index (χ1v) is 6.64. The molecule has 0 radical (unpaired) electrons. The van der Waals surface area contributed by atoms with E-state index < -0.39 is 11.6 Å². The third-order valence-corrected chi connectivity index (χ3v) is 4.62. The standard InChI is InChI=1S/C12H18N4O3/c13-7-11(1-2-11)9(18)16-5-3-12(4-6-16)8(17)14-10(19)15-12/h1-7,13H2,(H2,14,15,17,19). The summed E-state index contributed by atoms with van der Waals surface area (Å²) in [6.45, 7) is 1.38. The van der Waals surface area contributed by atoms with Gasteiger partial charge in [-0.15, -0.1) is 0 Å². The number of carbonyl (C=O) groups excluding carboxylic acids is 3. The maximum atomic E-state index is 12.3. The molecule has 1 spiro atoms. The van der Waals surface area contributed by atoms with E-state index in [-0.39, 0.29) is 17.2 Å². The summed E-state index contributed by atoms with van der Waals surface area (Å²) < 4.78 is 0. The summed E-state index contributed by atoms with van der Waals surface area (Å²) >= 11 is 0. The van der Waals surface area contributed by atoms with Crippen LogP contribution in [0.3, 0.4) is 0 Å². The van der Waals surface area contributed by atoms with Crippen LogP contribution in [0.1, 0.15) is 25.7 Å². The summed E-state index contributed by atoms with van der Waals surface area (Å²) in [6, 6.07) is -0.439. The SMILES string of the molecule is NCC1(C(=O)N2CCC3(CC2)NC(=O)NC3=O)CC1. The molecule has 2 heterocycles. The number of amides is 4. The molecule has 0 aromatic rings. The van der Waals surface area contributed by atoms with Crippen LogP contribution in [0.2, 0.25) is 0 Å². The molecule has 3 rings (SSSR count). The van der Waals surface area contributed by atoms with Gasteiger partial charge >= 0.3 is 6.03 Å². The number of carbonyl (C=O) groups is 3. The number of rotatable bonds is 2. The molecule has 4 amide bonds. The average Bonchev–Trinajstić information content (AvgIpc) is 3.14. The van der Waals surface area contributed by atoms with E-state index in [0.717, 1.165) is 12.8 Å². The molecule has 3 aliphatic rings. The number of urea groups is 1. The van der Waals surface area contributed by atoms with Crippen LogP contribution in [0.5, 0.6) is 0 Å². The van der Waals surface area contributed by atoms with Crippen LogP contribution in [-0.4, -0.2) is 47.9 Å². The normalized spacial score (nSPS) is 27.1. The third kappa shape index (κ3) is 1.80. The zero-order valence-corrected chi connectivity index (χ0v) is 10.7. The zero-order chi connectivity index (χ0) is 13.7. The highest BCUT2D eigenvalue weighted by atomic mass is 16.2. The lowest BCUT2D eigenvalue weighted by atomic mass is 9.87. The van der Waals surface area contributed by atoms with Crippen LogP contribution >= 0.6 is 0 Å². The minimum absolute atomic E-state index is 0.106. The van der Waals surface area contributed by atoms with Gasteiger partial charge in [-0.3, -0.25) is 14.9 Å². The second-order valence-corrected chi connectivity index (χ2v) is 5.77. The molecule has 0 aromatic heterocycles. The van der Waals surface area contributed by atoms with Crippen molar-refractivity contribution in [2.45, 2.75) is 31.2 Å². The van der Waals surface area contributed by atoms with Gasteiger partial charge in [-0.25, -0.2) is 4.79 Å². The fraction of sp³-hybridized carbons (Fsp3) is 0.750. The Hall–Kier alpha value is -1.63. The van der Waals surface area contributed by atoms with E-state index in [0.29, 0.717) is 32.5 Å². The monoisotopic (exact) mass is 266 g/mol. The molecule has 4 N–H and O–H groups in total. The van der Waals surface area contributed by atoms with Gasteiger partial charge in [0.15, 0.2) is 0 Å². The first-order chi connectivity index (χ1) is 9.01. The third-order valence-electron chi connectivity index (χ3n) is 4.62. The molecule has 7 nitrogen and oxygen atoms in total. The van der Waals surface area contributed by atoms with Gasteiger partial charge < -0.3 is 16.0 Å². The Bertz CT molecular complexity index is 450. The molecule has 0 bridgehead atoms. The number of likely N-dealkylation sites (tertiary alicyclic amines) is 1. The highest BCUT2D eigenvalue weighted by molar-refractivity contribution is 6.07. The quantitative estimate of drug-likeness (QED) is 0.553. The maximum absolute atomic E-state index is 12.3. The number of piperidine rings is 1. The van der Waals surface area contributed by atoms with Gasteiger partial charge in [-0.2, -0.15) is 0 Å². The van der Waals surface area contributed by atoms with Gasteiger partial charge in [0.25, 0.3) is 5.91 Å². The molecule has 104 valence electrons. The Morgan fingerprint density at radius 1 is 1.21 bits per heavy atom. The van der Waals surface area contributed by atoms with E-state index in [1.807, 2.05) is 0 Å². The van der Waals surface area contributed by atoms with Gasteiger partial charge in [0.2, 0.25) is 5.91 Å². The average molecular weight is 266 g/mol. The summed E-state index contributed by atoms with van der Waals surface area (Å²) in [5, 5.41) is 4.95. The molecule has 1 aliphatic carbocycles. The molecular formula is C12H18N4O3. The van der Waals surface area contributed by atoms with E-state index >= 15 is 0 Å². The minimum Gasteiger partial charge on any atom is -0.342 e. The second kappa shape index (κ2) is 3.93. The van der Waals surface area contributed by atoms with Crippen molar-refractivity contribution in [1.29, 1.82) is 0 Å². The van der Waals surface area contributed by atoms with Crippen LogP contribution in [-0.2, 0) is 9.59 Å². The summed E-state index contributed by atoms with van der Waals surface area (Å²) in [5.41, 5.74) is 4.51. The first kappa shape index (κ1) is 12.4. The van der Waals surface area contributed by atoms with Crippen molar-refractivity contribution in [3.05, 3.63) is 0 Å². The van der Waals surface area contributed by atoms with Crippen molar-refractivity contribution in [3.63, 3.8) is 0 Å². The van der Waals surface area contributed by atoms with E-state index in [4.69, 9.17) is 5.73 Å². The van der Waals surface area contributed by atoms with Crippen LogP contribution < -0.4 is 16.4 Å². The lowest BCUT2D eigenvalue weighted by Crippen LogP contribution is -2.57. The van der Waals surface area contributed by atoms with E-state index in [2.05, 4.69) is 10.6 Å². The van der Waals surface area contributed by atoms with Crippen molar-refractivity contribution in [2.24, 2.45) is 11.1 Å². The zero-order valence-electron chi connectivity index (χ0n) is 10.7. The van der Waals surface area contributed by atoms with Gasteiger partial charge in [-0.05, 0) is 25.7 Å². The molecule has 3 fully saturated rings. The molecule has 2 saturated heterocycles. The van der Waals surface area contributed by atoms with E-state index in [1.165, 1.54) is 0 Å². The molecule has 2 aliphatic heterocycles. The van der Waals surface area contributed by atoms with Crippen LogP contribution in [0.25, 0.3) is 0 Å². The number of imide groups is 1. The molecule has 0 aromatic carbocycles. The molecule has 0 atom stereocenters. The molecule has 1 saturated carbocycles. The highest BCUT2D eigenvalue weighted by Gasteiger charge is 2.53. The second-order valence-electron chi connectivity index (χ2n) is 5.77. The lowest BCUT2D eigenvalue weighted by Gasteiger charge is -2.38. The topological polar surface area (TPSA) is 105 Å². The van der Waals surface area contributed by atoms with Crippen molar-refractivity contribution < 1.29 is 14.4 Å². The maximum Gasteiger partial charge on any atom is 0.322 e. The largest absolute Gasteiger partial charge is 0.342 e. The predicted molar refractivity (Wildman–Crippen MR) is 65.9 cm³/mol. The lowest BCUT2D eigenvalue weighted by molar-refractivity contribution is -0.140. The Kier molecular flexibility index (Phi) is 2.57. The van der Waals surface area contributed by atoms with Crippen LogP contribution in [0.4, 0.5) is 4.79 Å². The Balaban J connectivity index is 1.65. The summed E-state index contributed by atoms with van der Waals surface area (Å²) in [4.78, 5) is 37.1. The number of nitrogens with one attached hydrogen (secondary N) is 2. The van der Waals surface area contributed by atoms with Crippen molar-refractivity contribution in [3.8, 4) is 0 Å². The van der Waals surface area contributed by atoms with Crippen LogP contribution in [0, 0.1) is 5.41 Å². The molecule has 0 unspecified atom stereocenters. The molecular weight excluding hydrogens is 248 g/mol. The Labute approximate surface area is 110 Å². The molecule has 7 heteroatoms. The number of hydrogen-bond acceptors (Lipinski definition) is 4.